The van der Waals surface area contributed by atoms with E-state index in [1.807, 2.05) is 0 Å². The molecule has 1 aromatic rings. The summed E-state index contributed by atoms with van der Waals surface area (Å²) >= 11 is 3.79. The molecule has 0 aliphatic heterocycles. The number of hydrogen-bond donors (Lipinski definition) is 2. The topological polar surface area (TPSA) is 38.3 Å². The third-order valence-corrected chi connectivity index (χ3v) is 2.07. The summed E-state index contributed by atoms with van der Waals surface area (Å²) in [6.45, 7) is -3.26. The van der Waals surface area contributed by atoms with Crippen molar-refractivity contribution in [2.45, 2.75) is 13.0 Å². The minimum absolute atomic E-state index is 0.0133. The lowest BCUT2D eigenvalue weighted by Crippen LogP contribution is -2.13. The Labute approximate surface area is 106 Å². The highest BCUT2D eigenvalue weighted by Crippen LogP contribution is 2.26. The van der Waals surface area contributed by atoms with Gasteiger partial charge in [-0.1, -0.05) is 0 Å². The minimum Gasteiger partial charge on any atom is -0.432 e. The largest absolute Gasteiger partial charge is 0.432 e. The van der Waals surface area contributed by atoms with Gasteiger partial charge in [-0.15, -0.1) is 0 Å². The summed E-state index contributed by atoms with van der Waals surface area (Å²) in [5.41, 5.74) is -0.444. The SMILES string of the molecule is O=C(CCS)Nc1cc(F)c(OC(F)F)cc1F. The van der Waals surface area contributed by atoms with E-state index in [9.17, 15) is 22.4 Å². The highest BCUT2D eigenvalue weighted by atomic mass is 32.1. The summed E-state index contributed by atoms with van der Waals surface area (Å²) in [6.07, 6.45) is 0.0133. The zero-order valence-corrected chi connectivity index (χ0v) is 9.82. The van der Waals surface area contributed by atoms with Crippen molar-refractivity contribution in [2.24, 2.45) is 0 Å². The average molecular weight is 283 g/mol. The van der Waals surface area contributed by atoms with E-state index < -0.39 is 35.6 Å². The maximum atomic E-state index is 13.4. The Hall–Kier alpha value is -1.44. The molecule has 0 heterocycles. The monoisotopic (exact) mass is 283 g/mol. The molecule has 0 aliphatic carbocycles. The van der Waals surface area contributed by atoms with Crippen LogP contribution in [0.5, 0.6) is 5.75 Å². The maximum absolute atomic E-state index is 13.4. The number of benzene rings is 1. The molecule has 0 saturated carbocycles. The van der Waals surface area contributed by atoms with E-state index in [1.165, 1.54) is 0 Å². The molecule has 0 spiro atoms. The van der Waals surface area contributed by atoms with E-state index in [2.05, 4.69) is 22.7 Å². The van der Waals surface area contributed by atoms with Crippen LogP contribution in [0.15, 0.2) is 12.1 Å². The number of rotatable bonds is 5. The summed E-state index contributed by atoms with van der Waals surface area (Å²) in [5.74, 6) is -3.51. The first-order chi connectivity index (χ1) is 8.43. The van der Waals surface area contributed by atoms with Gasteiger partial charge >= 0.3 is 6.61 Å². The van der Waals surface area contributed by atoms with Crippen molar-refractivity contribution in [1.29, 1.82) is 0 Å². The number of hydrogen-bond acceptors (Lipinski definition) is 3. The molecular formula is C10H9F4NO2S. The molecule has 3 nitrogen and oxygen atoms in total. The molecule has 0 aromatic heterocycles. The van der Waals surface area contributed by atoms with E-state index in [0.29, 0.717) is 12.1 Å². The number of amides is 1. The summed E-state index contributed by atoms with van der Waals surface area (Å²) < 4.78 is 54.1. The normalized spacial score (nSPS) is 10.6. The highest BCUT2D eigenvalue weighted by molar-refractivity contribution is 7.80. The van der Waals surface area contributed by atoms with Crippen molar-refractivity contribution in [1.82, 2.24) is 0 Å². The van der Waals surface area contributed by atoms with Crippen LogP contribution in [-0.4, -0.2) is 18.3 Å². The third-order valence-electron chi connectivity index (χ3n) is 1.85. The number of carbonyl (C=O) groups is 1. The molecule has 0 fully saturated rings. The maximum Gasteiger partial charge on any atom is 0.387 e. The fourth-order valence-electron chi connectivity index (χ4n) is 1.12. The Morgan fingerprint density at radius 3 is 2.56 bits per heavy atom. The molecule has 1 aromatic carbocycles. The highest BCUT2D eigenvalue weighted by Gasteiger charge is 2.15. The summed E-state index contributed by atoms with van der Waals surface area (Å²) in [5, 5.41) is 2.09. The van der Waals surface area contributed by atoms with Gasteiger partial charge in [0, 0.05) is 18.6 Å². The van der Waals surface area contributed by atoms with Crippen LogP contribution in [0.2, 0.25) is 0 Å². The summed E-state index contributed by atoms with van der Waals surface area (Å²) in [6, 6.07) is 1.02. The van der Waals surface area contributed by atoms with Gasteiger partial charge < -0.3 is 10.1 Å². The van der Waals surface area contributed by atoms with Crippen molar-refractivity contribution in [3.05, 3.63) is 23.8 Å². The zero-order chi connectivity index (χ0) is 13.7. The van der Waals surface area contributed by atoms with Crippen LogP contribution in [-0.2, 0) is 4.79 Å². The molecule has 8 heteroatoms. The third kappa shape index (κ3) is 4.10. The first kappa shape index (κ1) is 14.6. The van der Waals surface area contributed by atoms with Gasteiger partial charge in [0.05, 0.1) is 5.69 Å². The molecule has 0 atom stereocenters. The predicted octanol–water partition coefficient (Wildman–Crippen LogP) is 2.82. The number of halogens is 4. The van der Waals surface area contributed by atoms with Gasteiger partial charge in [0.2, 0.25) is 5.91 Å². The van der Waals surface area contributed by atoms with Crippen molar-refractivity contribution in [3.8, 4) is 5.75 Å². The Morgan fingerprint density at radius 2 is 2.00 bits per heavy atom. The molecule has 1 rings (SSSR count). The Bertz CT molecular complexity index is 442. The van der Waals surface area contributed by atoms with Crippen LogP contribution in [0.4, 0.5) is 23.2 Å². The van der Waals surface area contributed by atoms with Crippen molar-refractivity contribution >= 4 is 24.2 Å². The van der Waals surface area contributed by atoms with Gasteiger partial charge in [0.25, 0.3) is 0 Å². The summed E-state index contributed by atoms with van der Waals surface area (Å²) in [7, 11) is 0. The molecule has 0 radical (unpaired) electrons. The lowest BCUT2D eigenvalue weighted by Gasteiger charge is -2.09. The van der Waals surface area contributed by atoms with Gasteiger partial charge in [-0.25, -0.2) is 8.78 Å². The van der Waals surface area contributed by atoms with Crippen LogP contribution >= 0.6 is 12.6 Å². The second-order valence-corrected chi connectivity index (χ2v) is 3.61. The smallest absolute Gasteiger partial charge is 0.387 e. The first-order valence-corrected chi connectivity index (χ1v) is 5.42. The van der Waals surface area contributed by atoms with Crippen LogP contribution in [0, 0.1) is 11.6 Å². The Balaban J connectivity index is 2.89. The quantitative estimate of drug-likeness (QED) is 0.644. The number of carbonyl (C=O) groups excluding carboxylic acids is 1. The van der Waals surface area contributed by atoms with Gasteiger partial charge in [0.1, 0.15) is 0 Å². The molecule has 1 N–H and O–H groups in total. The average Bonchev–Trinajstić information content (AvgIpc) is 2.25. The number of anilines is 1. The van der Waals surface area contributed by atoms with Crippen LogP contribution in [0.25, 0.3) is 0 Å². The van der Waals surface area contributed by atoms with Gasteiger partial charge in [0.15, 0.2) is 17.4 Å². The van der Waals surface area contributed by atoms with Gasteiger partial charge in [-0.3, -0.25) is 4.79 Å². The molecule has 100 valence electrons. The van der Waals surface area contributed by atoms with Crippen LogP contribution < -0.4 is 10.1 Å². The number of nitrogens with one attached hydrogen (secondary N) is 1. The van der Waals surface area contributed by atoms with Crippen LogP contribution in [0.1, 0.15) is 6.42 Å². The van der Waals surface area contributed by atoms with E-state index in [4.69, 9.17) is 0 Å². The van der Waals surface area contributed by atoms with Crippen LogP contribution in [0.3, 0.4) is 0 Å². The Kier molecular flexibility index (Phi) is 5.26. The molecular weight excluding hydrogens is 274 g/mol. The van der Waals surface area contributed by atoms with E-state index in [-0.39, 0.29) is 12.2 Å². The molecule has 0 bridgehead atoms. The first-order valence-electron chi connectivity index (χ1n) is 4.78. The van der Waals surface area contributed by atoms with E-state index in [1.54, 1.807) is 0 Å². The van der Waals surface area contributed by atoms with Crippen molar-refractivity contribution in [3.63, 3.8) is 0 Å². The number of alkyl halides is 2. The molecule has 18 heavy (non-hydrogen) atoms. The lowest BCUT2D eigenvalue weighted by molar-refractivity contribution is -0.115. The number of thiol groups is 1. The molecule has 0 unspecified atom stereocenters. The molecule has 1 amide bonds. The molecule has 0 saturated heterocycles. The lowest BCUT2D eigenvalue weighted by atomic mass is 10.2. The van der Waals surface area contributed by atoms with E-state index >= 15 is 0 Å². The fourth-order valence-corrected chi connectivity index (χ4v) is 1.33. The van der Waals surface area contributed by atoms with Gasteiger partial charge in [-0.2, -0.15) is 21.4 Å². The number of ether oxygens (including phenoxy) is 1. The predicted molar refractivity (Wildman–Crippen MR) is 60.1 cm³/mol. The van der Waals surface area contributed by atoms with Crippen molar-refractivity contribution in [2.75, 3.05) is 11.1 Å². The standard InChI is InChI=1S/C10H9F4NO2S/c11-5-4-8(17-10(13)14)6(12)3-7(5)15-9(16)1-2-18/h3-4,10,18H,1-2H2,(H,15,16). The zero-order valence-electron chi connectivity index (χ0n) is 8.92. The minimum atomic E-state index is -3.26. The second-order valence-electron chi connectivity index (χ2n) is 3.16. The van der Waals surface area contributed by atoms with Crippen molar-refractivity contribution < 1.29 is 27.1 Å². The molecule has 0 aliphatic rings. The Morgan fingerprint density at radius 1 is 1.33 bits per heavy atom. The van der Waals surface area contributed by atoms with E-state index in [0.717, 1.165) is 0 Å². The summed E-state index contributed by atoms with van der Waals surface area (Å²) in [4.78, 5) is 11.1. The fraction of sp³-hybridized carbons (Fsp3) is 0.300. The van der Waals surface area contributed by atoms with Gasteiger partial charge in [-0.05, 0) is 5.75 Å². The second kappa shape index (κ2) is 6.48.